The number of nitrogens with one attached hydrogen (secondary N) is 1. The molecule has 0 aliphatic carbocycles. The normalized spacial score (nSPS) is 13.9. The summed E-state index contributed by atoms with van der Waals surface area (Å²) in [6.07, 6.45) is 0.900. The van der Waals surface area contributed by atoms with E-state index in [-0.39, 0.29) is 17.3 Å². The van der Waals surface area contributed by atoms with Crippen LogP contribution in [0.4, 0.5) is 4.39 Å². The maximum atomic E-state index is 13.9. The maximum absolute atomic E-state index is 13.9. The van der Waals surface area contributed by atoms with Crippen LogP contribution in [-0.4, -0.2) is 7.05 Å². The van der Waals surface area contributed by atoms with Crippen LogP contribution in [0, 0.1) is 11.2 Å². The zero-order valence-electron chi connectivity index (χ0n) is 10.3. The Balaban J connectivity index is 3.00. The fourth-order valence-corrected chi connectivity index (χ4v) is 2.15. The summed E-state index contributed by atoms with van der Waals surface area (Å²) in [5.74, 6) is -0.161. The van der Waals surface area contributed by atoms with E-state index in [9.17, 15) is 4.39 Å². The van der Waals surface area contributed by atoms with E-state index in [2.05, 4.69) is 42.0 Å². The maximum Gasteiger partial charge on any atom is 0.142 e. The van der Waals surface area contributed by atoms with Gasteiger partial charge in [0, 0.05) is 11.6 Å². The van der Waals surface area contributed by atoms with E-state index in [0.29, 0.717) is 4.47 Å². The topological polar surface area (TPSA) is 12.0 Å². The van der Waals surface area contributed by atoms with E-state index in [4.69, 9.17) is 0 Å². The summed E-state index contributed by atoms with van der Waals surface area (Å²) in [5, 5.41) is 3.18. The van der Waals surface area contributed by atoms with Gasteiger partial charge in [0.2, 0.25) is 0 Å². The summed E-state index contributed by atoms with van der Waals surface area (Å²) in [6, 6.07) is 5.49. The Labute approximate surface area is 106 Å². The van der Waals surface area contributed by atoms with Gasteiger partial charge in [-0.15, -0.1) is 0 Å². The molecule has 0 aliphatic heterocycles. The second kappa shape index (κ2) is 5.28. The fraction of sp³-hybridized carbons (Fsp3) is 0.538. The molecule has 1 aromatic rings. The molecule has 1 atom stereocenters. The van der Waals surface area contributed by atoms with Crippen molar-refractivity contribution in [3.63, 3.8) is 0 Å². The van der Waals surface area contributed by atoms with Crippen molar-refractivity contribution in [3.8, 4) is 0 Å². The minimum atomic E-state index is -0.161. The third-order valence-corrected chi connectivity index (χ3v) is 3.13. The van der Waals surface area contributed by atoms with E-state index in [1.807, 2.05) is 19.2 Å². The lowest BCUT2D eigenvalue weighted by molar-refractivity contribution is 0.316. The lowest BCUT2D eigenvalue weighted by Crippen LogP contribution is -2.23. The average molecular weight is 288 g/mol. The summed E-state index contributed by atoms with van der Waals surface area (Å²) >= 11 is 3.22. The Kier molecular flexibility index (Phi) is 4.51. The van der Waals surface area contributed by atoms with Gasteiger partial charge in [-0.25, -0.2) is 4.39 Å². The molecular formula is C13H19BrFN. The molecular weight excluding hydrogens is 269 g/mol. The van der Waals surface area contributed by atoms with Crippen LogP contribution in [0.15, 0.2) is 22.7 Å². The van der Waals surface area contributed by atoms with Gasteiger partial charge >= 0.3 is 0 Å². The smallest absolute Gasteiger partial charge is 0.142 e. The molecule has 0 amide bonds. The zero-order chi connectivity index (χ0) is 12.3. The van der Waals surface area contributed by atoms with Crippen LogP contribution < -0.4 is 5.32 Å². The first-order chi connectivity index (χ1) is 7.35. The molecule has 0 aliphatic rings. The van der Waals surface area contributed by atoms with E-state index in [1.54, 1.807) is 6.07 Å². The van der Waals surface area contributed by atoms with Crippen LogP contribution >= 0.6 is 15.9 Å². The molecule has 1 N–H and O–H groups in total. The molecule has 0 spiro atoms. The van der Waals surface area contributed by atoms with Crippen LogP contribution in [0.2, 0.25) is 0 Å². The van der Waals surface area contributed by atoms with Gasteiger partial charge in [-0.3, -0.25) is 0 Å². The van der Waals surface area contributed by atoms with Gasteiger partial charge < -0.3 is 5.32 Å². The Morgan fingerprint density at radius 3 is 2.50 bits per heavy atom. The van der Waals surface area contributed by atoms with Gasteiger partial charge in [-0.2, -0.15) is 0 Å². The molecule has 0 saturated carbocycles. The monoisotopic (exact) mass is 287 g/mol. The molecule has 16 heavy (non-hydrogen) atoms. The lowest BCUT2D eigenvalue weighted by Gasteiger charge is -2.26. The molecule has 0 saturated heterocycles. The Bertz CT molecular complexity index is 357. The van der Waals surface area contributed by atoms with E-state index < -0.39 is 0 Å². The van der Waals surface area contributed by atoms with Crippen LogP contribution in [0.1, 0.15) is 38.8 Å². The molecule has 1 rings (SSSR count). The van der Waals surface area contributed by atoms with Gasteiger partial charge in [0.15, 0.2) is 0 Å². The van der Waals surface area contributed by atoms with Crippen LogP contribution in [0.25, 0.3) is 0 Å². The third-order valence-electron chi connectivity index (χ3n) is 2.52. The number of halogens is 2. The fourth-order valence-electron chi connectivity index (χ4n) is 1.77. The van der Waals surface area contributed by atoms with Gasteiger partial charge in [0.05, 0.1) is 4.47 Å². The number of benzene rings is 1. The molecule has 1 nitrogen and oxygen atoms in total. The highest BCUT2D eigenvalue weighted by Crippen LogP contribution is 2.32. The van der Waals surface area contributed by atoms with Crippen molar-refractivity contribution in [2.24, 2.45) is 5.41 Å². The Morgan fingerprint density at radius 1 is 1.38 bits per heavy atom. The van der Waals surface area contributed by atoms with E-state index in [0.717, 1.165) is 12.0 Å². The van der Waals surface area contributed by atoms with Gasteiger partial charge in [0.25, 0.3) is 0 Å². The molecule has 0 fully saturated rings. The molecule has 90 valence electrons. The van der Waals surface area contributed by atoms with E-state index >= 15 is 0 Å². The predicted octanol–water partition coefficient (Wildman–Crippen LogP) is 4.28. The van der Waals surface area contributed by atoms with Crippen molar-refractivity contribution < 1.29 is 4.39 Å². The Hall–Kier alpha value is -0.410. The highest BCUT2D eigenvalue weighted by molar-refractivity contribution is 9.10. The first-order valence-corrected chi connectivity index (χ1v) is 6.25. The molecule has 0 aromatic heterocycles. The number of rotatable bonds is 3. The van der Waals surface area contributed by atoms with Gasteiger partial charge in [-0.1, -0.05) is 32.9 Å². The predicted molar refractivity (Wildman–Crippen MR) is 70.0 cm³/mol. The van der Waals surface area contributed by atoms with Crippen LogP contribution in [0.5, 0.6) is 0 Å². The standard InChI is InChI=1S/C13H19BrFN/c1-13(2,3)8-11(16-4)9-6-5-7-10(14)12(9)15/h5-7,11,16H,8H2,1-4H3. The largest absolute Gasteiger partial charge is 0.313 e. The van der Waals surface area contributed by atoms with Crippen molar-refractivity contribution in [1.82, 2.24) is 5.32 Å². The zero-order valence-corrected chi connectivity index (χ0v) is 11.9. The number of hydrogen-bond acceptors (Lipinski definition) is 1. The van der Waals surface area contributed by atoms with Gasteiger partial charge in [-0.05, 0) is 40.9 Å². The lowest BCUT2D eigenvalue weighted by atomic mass is 9.85. The third kappa shape index (κ3) is 3.56. The second-order valence-corrected chi connectivity index (χ2v) is 6.10. The van der Waals surface area contributed by atoms with E-state index in [1.165, 1.54) is 0 Å². The highest BCUT2D eigenvalue weighted by Gasteiger charge is 2.21. The summed E-state index contributed by atoms with van der Waals surface area (Å²) < 4.78 is 14.5. The molecule has 0 radical (unpaired) electrons. The highest BCUT2D eigenvalue weighted by atomic mass is 79.9. The van der Waals surface area contributed by atoms with Crippen molar-refractivity contribution in [3.05, 3.63) is 34.1 Å². The van der Waals surface area contributed by atoms with Crippen LogP contribution in [-0.2, 0) is 0 Å². The van der Waals surface area contributed by atoms with Crippen molar-refractivity contribution in [2.45, 2.75) is 33.2 Å². The van der Waals surface area contributed by atoms with Crippen molar-refractivity contribution in [1.29, 1.82) is 0 Å². The van der Waals surface area contributed by atoms with Crippen LogP contribution in [0.3, 0.4) is 0 Å². The molecule has 3 heteroatoms. The first-order valence-electron chi connectivity index (χ1n) is 5.46. The van der Waals surface area contributed by atoms with Gasteiger partial charge in [0.1, 0.15) is 5.82 Å². The quantitative estimate of drug-likeness (QED) is 0.875. The molecule has 1 unspecified atom stereocenters. The van der Waals surface area contributed by atoms with Crippen molar-refractivity contribution in [2.75, 3.05) is 7.05 Å². The minimum Gasteiger partial charge on any atom is -0.313 e. The molecule has 1 aromatic carbocycles. The summed E-state index contributed by atoms with van der Waals surface area (Å²) in [5.41, 5.74) is 0.898. The molecule has 0 heterocycles. The SMILES string of the molecule is CNC(CC(C)(C)C)c1cccc(Br)c1F. The summed E-state index contributed by atoms with van der Waals surface area (Å²) in [6.45, 7) is 6.48. The molecule has 0 bridgehead atoms. The summed E-state index contributed by atoms with van der Waals surface area (Å²) in [4.78, 5) is 0. The van der Waals surface area contributed by atoms with Crippen molar-refractivity contribution >= 4 is 15.9 Å². The summed E-state index contributed by atoms with van der Waals surface area (Å²) in [7, 11) is 1.87. The second-order valence-electron chi connectivity index (χ2n) is 5.25. The minimum absolute atomic E-state index is 0.0532. The first kappa shape index (κ1) is 13.7. The number of hydrogen-bond donors (Lipinski definition) is 1. The Morgan fingerprint density at radius 2 is 2.00 bits per heavy atom. The average Bonchev–Trinajstić information content (AvgIpc) is 2.18.